The molecule has 0 unspecified atom stereocenters. The fourth-order valence-corrected chi connectivity index (χ4v) is 11.9. The number of imidazole rings is 1. The SMILES string of the molecule is Cc1c(N)nc([C@H](CC(N)=O)NC[C@H](N)C(N)=O)nc1C(=O)N[C@H](C(=O)N[C@H](C)[C@@H](O)[C@H](C)C(=O)N[C@H](C(=O)NCCc1nc(-c2nc(C(=O)NCCCNCCCN(C)C)cs2)cs1)[C@@H](C)O)[C@@H](O[C@@H]1O[C@@H](CO)[C@@H](O)[C@H](O)[C@@H]1O[C@H]1O[C@H](CO)[C@@H](O)[C@H](OC(N)=O)[C@@H]1O)c1cnc[nH]1. The van der Waals surface area contributed by atoms with Crippen LogP contribution in [0.4, 0.5) is 10.6 Å². The van der Waals surface area contributed by atoms with Crippen LogP contribution in [0.2, 0.25) is 0 Å². The molecule has 40 nitrogen and oxygen atoms in total. The van der Waals surface area contributed by atoms with E-state index >= 15 is 4.79 Å². The number of hydrogen-bond donors (Lipinski definition) is 21. The first kappa shape index (κ1) is 81.2. The molecule has 0 saturated carbocycles. The summed E-state index contributed by atoms with van der Waals surface area (Å²) in [6.45, 7) is 5.70. The molecule has 2 saturated heterocycles. The Hall–Kier alpha value is -7.73. The Kier molecular flexibility index (Phi) is 31.2. The molecular weight excluding hydrogens is 1360 g/mol. The minimum Gasteiger partial charge on any atom is -0.441 e. The van der Waals surface area contributed by atoms with Crippen LogP contribution in [0, 0.1) is 12.8 Å². The number of ether oxygens (including phenoxy) is 5. The molecule has 42 heteroatoms. The second kappa shape index (κ2) is 38.3. The number of primary amides is 3. The standard InChI is InChI=1S/C58H91N19O21S2/c1-23-36(73-49(76-47(23)61)28(15-34(60)81)68-16-27(59)48(62)87)53(91)75-38(44(29-17-65-22-69-29)96-57-46(42(85)40(83)32(18-78)95-57)97-56-43(86)45(98-58(63)93)41(84)33(19-79)94-56)54(92)70-25(3)39(82)24(2)50(88)74-37(26(4)80)52(90)67-13-9-35-71-31(21-99-35)55-72-30(20-100-55)51(89)66-12-7-10-64-11-8-14-77(5)6/h17,20-22,24-28,32-33,37-46,56-57,64,68,78-80,82-86H,7-16,18-19,59H2,1-6H3,(H2,60,81)(H2,62,87)(H2,63,93)(H,65,69)(H,66,89)(H,67,90)(H,70,92)(H,74,88)(H,75,91)(H2,61,73,76)/t24-,25+,26+,27-,28-,32-,33+,37-,38-,39-,40+,41+,42-,43-,44-,45-,46-,56+,57-/m0/s1. The molecule has 6 rings (SSSR count). The van der Waals surface area contributed by atoms with Gasteiger partial charge in [0.25, 0.3) is 11.8 Å². The predicted octanol–water partition coefficient (Wildman–Crippen LogP) is -8.04. The van der Waals surface area contributed by atoms with Crippen LogP contribution in [0.1, 0.15) is 95.2 Å². The number of nitrogens with zero attached hydrogens (tertiary/aromatic N) is 6. The molecular formula is C58H91N19O21S2. The Morgan fingerprint density at radius 1 is 0.760 bits per heavy atom. The number of aliphatic hydroxyl groups is 8. The summed E-state index contributed by atoms with van der Waals surface area (Å²) >= 11 is 2.51. The zero-order valence-corrected chi connectivity index (χ0v) is 57.2. The molecule has 2 fully saturated rings. The van der Waals surface area contributed by atoms with Gasteiger partial charge in [-0.1, -0.05) is 6.92 Å². The van der Waals surface area contributed by atoms with Gasteiger partial charge in [0.05, 0.1) is 72.7 Å². The van der Waals surface area contributed by atoms with Crippen LogP contribution >= 0.6 is 22.7 Å². The monoisotopic (exact) mass is 1450 g/mol. The molecule has 556 valence electrons. The zero-order valence-electron chi connectivity index (χ0n) is 55.5. The second-order valence-corrected chi connectivity index (χ2v) is 25.8. The number of amides is 8. The van der Waals surface area contributed by atoms with Crippen molar-refractivity contribution in [3.63, 3.8) is 0 Å². The lowest BCUT2D eigenvalue weighted by molar-refractivity contribution is -0.372. The van der Waals surface area contributed by atoms with Crippen molar-refractivity contribution in [2.24, 2.45) is 28.9 Å². The number of rotatable bonds is 39. The van der Waals surface area contributed by atoms with E-state index in [-0.39, 0.29) is 54.0 Å². The Labute approximate surface area is 580 Å². The summed E-state index contributed by atoms with van der Waals surface area (Å²) in [6, 6.07) is -7.86. The van der Waals surface area contributed by atoms with Gasteiger partial charge in [-0.3, -0.25) is 33.6 Å². The number of aliphatic hydroxyl groups excluding tert-OH is 8. The average Bonchev–Trinajstić information content (AvgIpc) is 0.903. The first-order valence-corrected chi connectivity index (χ1v) is 33.4. The van der Waals surface area contributed by atoms with Gasteiger partial charge in [-0.2, -0.15) is 0 Å². The van der Waals surface area contributed by atoms with Crippen LogP contribution in [0.5, 0.6) is 0 Å². The number of carbonyl (C=O) groups excluding carboxylic acids is 8. The van der Waals surface area contributed by atoms with Crippen molar-refractivity contribution >= 4 is 75.9 Å². The quantitative estimate of drug-likeness (QED) is 0.0185. The van der Waals surface area contributed by atoms with Crippen LogP contribution < -0.4 is 65.9 Å². The third-order valence-corrected chi connectivity index (χ3v) is 17.8. The largest absolute Gasteiger partial charge is 0.441 e. The van der Waals surface area contributed by atoms with Crippen molar-refractivity contribution < 1.29 is 103 Å². The number of nitrogen functional groups attached to an aromatic ring is 1. The van der Waals surface area contributed by atoms with E-state index in [9.17, 15) is 74.4 Å². The maximum Gasteiger partial charge on any atom is 0.404 e. The van der Waals surface area contributed by atoms with Crippen molar-refractivity contribution in [1.29, 1.82) is 0 Å². The molecule has 0 bridgehead atoms. The molecule has 2 aliphatic heterocycles. The number of thiazole rings is 2. The molecule has 4 aromatic heterocycles. The Morgan fingerprint density at radius 2 is 1.45 bits per heavy atom. The van der Waals surface area contributed by atoms with Crippen molar-refractivity contribution in [3.8, 4) is 10.7 Å². The number of carbonyl (C=O) groups is 8. The summed E-state index contributed by atoms with van der Waals surface area (Å²) in [5, 5.41) is 112. The summed E-state index contributed by atoms with van der Waals surface area (Å²) in [5.41, 5.74) is 28.1. The lowest BCUT2D eigenvalue weighted by Gasteiger charge is -2.47. The summed E-state index contributed by atoms with van der Waals surface area (Å²) in [4.78, 5) is 133. The molecule has 26 N–H and O–H groups in total. The average molecular weight is 1450 g/mol. The van der Waals surface area contributed by atoms with Gasteiger partial charge in [0.2, 0.25) is 29.5 Å². The third kappa shape index (κ3) is 22.4. The van der Waals surface area contributed by atoms with E-state index in [1.165, 1.54) is 50.4 Å². The van der Waals surface area contributed by atoms with Gasteiger partial charge in [-0.15, -0.1) is 22.7 Å². The van der Waals surface area contributed by atoms with Gasteiger partial charge in [0, 0.05) is 48.8 Å². The summed E-state index contributed by atoms with van der Waals surface area (Å²) in [7, 11) is 4.03. The lowest BCUT2D eigenvalue weighted by Crippen LogP contribution is -2.65. The van der Waals surface area contributed by atoms with E-state index in [1.54, 1.807) is 10.8 Å². The predicted molar refractivity (Wildman–Crippen MR) is 351 cm³/mol. The number of aromatic nitrogens is 6. The van der Waals surface area contributed by atoms with Gasteiger partial charge < -0.3 is 140 Å². The maximum atomic E-state index is 15.2. The van der Waals surface area contributed by atoms with E-state index in [2.05, 4.69) is 72.0 Å². The van der Waals surface area contributed by atoms with Crippen molar-refractivity contribution in [1.82, 2.24) is 72.0 Å². The lowest BCUT2D eigenvalue weighted by atomic mass is 9.96. The number of aromatic amines is 1. The molecule has 0 aromatic carbocycles. The van der Waals surface area contributed by atoms with Crippen LogP contribution in [-0.4, -0.2) is 287 Å². The van der Waals surface area contributed by atoms with Crippen molar-refractivity contribution in [3.05, 3.63) is 56.8 Å². The highest BCUT2D eigenvalue weighted by atomic mass is 32.1. The molecule has 4 aromatic rings. The van der Waals surface area contributed by atoms with Gasteiger partial charge in [-0.25, -0.2) is 29.7 Å². The number of nitrogens with two attached hydrogens (primary N) is 5. The smallest absolute Gasteiger partial charge is 0.404 e. The fraction of sp³-hybridized carbons (Fsp3) is 0.638. The summed E-state index contributed by atoms with van der Waals surface area (Å²) in [6.07, 6.45) is -23.4. The van der Waals surface area contributed by atoms with Gasteiger partial charge in [0.1, 0.15) is 94.6 Å². The van der Waals surface area contributed by atoms with E-state index in [0.29, 0.717) is 22.3 Å². The number of H-pyrrole nitrogens is 1. The van der Waals surface area contributed by atoms with E-state index in [0.717, 1.165) is 45.0 Å². The second-order valence-electron chi connectivity index (χ2n) is 24.0. The van der Waals surface area contributed by atoms with Crippen LogP contribution in [0.25, 0.3) is 10.7 Å². The first-order chi connectivity index (χ1) is 47.3. The van der Waals surface area contributed by atoms with Gasteiger partial charge in [0.15, 0.2) is 18.7 Å². The van der Waals surface area contributed by atoms with Crippen LogP contribution in [0.15, 0.2) is 23.3 Å². The molecule has 0 aliphatic carbocycles. The summed E-state index contributed by atoms with van der Waals surface area (Å²) in [5.74, 6) is -8.72. The number of nitrogens with one attached hydrogen (secondary N) is 8. The minimum atomic E-state index is -2.20. The van der Waals surface area contributed by atoms with E-state index in [4.69, 9.17) is 52.4 Å². The molecule has 6 heterocycles. The molecule has 8 amide bonds. The zero-order chi connectivity index (χ0) is 73.8. The molecule has 0 radical (unpaired) electrons. The first-order valence-electron chi connectivity index (χ1n) is 31.7. The highest BCUT2D eigenvalue weighted by Crippen LogP contribution is 2.35. The van der Waals surface area contributed by atoms with Crippen LogP contribution in [-0.2, 0) is 54.1 Å². The van der Waals surface area contributed by atoms with E-state index in [1.807, 2.05) is 14.1 Å². The molecule has 2 aliphatic rings. The normalized spacial score (nSPS) is 23.5. The van der Waals surface area contributed by atoms with Gasteiger partial charge >= 0.3 is 6.09 Å². The van der Waals surface area contributed by atoms with Crippen molar-refractivity contribution in [2.75, 3.05) is 72.3 Å². The third-order valence-electron chi connectivity index (χ3n) is 16.0. The van der Waals surface area contributed by atoms with Crippen LogP contribution in [0.3, 0.4) is 0 Å². The maximum absolute atomic E-state index is 15.2. The minimum absolute atomic E-state index is 0.0114. The number of anilines is 1. The molecule has 0 spiro atoms. The molecule has 100 heavy (non-hydrogen) atoms. The Bertz CT molecular complexity index is 3360. The number of hydrogen-bond acceptors (Lipinski definition) is 33. The Morgan fingerprint density at radius 3 is 2.09 bits per heavy atom. The fourth-order valence-electron chi connectivity index (χ4n) is 10.3. The molecule has 19 atom stereocenters. The van der Waals surface area contributed by atoms with E-state index < -0.39 is 183 Å². The van der Waals surface area contributed by atoms with Gasteiger partial charge in [-0.05, 0) is 67.3 Å². The highest BCUT2D eigenvalue weighted by Gasteiger charge is 2.54. The van der Waals surface area contributed by atoms with Crippen molar-refractivity contribution in [2.45, 2.75) is 163 Å². The topological polar surface area (TPSA) is 642 Å². The highest BCUT2D eigenvalue weighted by molar-refractivity contribution is 7.14. The Balaban J connectivity index is 1.22. The summed E-state index contributed by atoms with van der Waals surface area (Å²) < 4.78 is 28.8.